The molecule has 0 bridgehead atoms. The summed E-state index contributed by atoms with van der Waals surface area (Å²) < 4.78 is 14.8. The van der Waals surface area contributed by atoms with Gasteiger partial charge in [0.2, 0.25) is 0 Å². The van der Waals surface area contributed by atoms with Crippen molar-refractivity contribution in [1.82, 2.24) is 9.27 Å². The molecular formula is C23H27N3O4S2. The second kappa shape index (κ2) is 11.1. The monoisotopic (exact) mass is 473 g/mol. The van der Waals surface area contributed by atoms with E-state index < -0.39 is 5.97 Å². The number of ether oxygens (including phenoxy) is 2. The average Bonchev–Trinajstić information content (AvgIpc) is 3.45. The molecule has 9 heteroatoms. The minimum absolute atomic E-state index is 0.0700. The SMILES string of the molecule is CNc1snc(C)c1C(=O)OCC(=O)N(Cc1ccc(OC)cc1)[C@@H](C)Cc1cccs1. The second-order valence-corrected chi connectivity index (χ2v) is 9.11. The molecule has 1 atom stereocenters. The van der Waals surface area contributed by atoms with Crippen LogP contribution in [0.15, 0.2) is 41.8 Å². The van der Waals surface area contributed by atoms with Crippen LogP contribution in [0.1, 0.15) is 33.4 Å². The number of nitrogens with zero attached hydrogens (tertiary/aromatic N) is 2. The van der Waals surface area contributed by atoms with Crippen molar-refractivity contribution in [2.45, 2.75) is 32.9 Å². The Bertz CT molecular complexity index is 1030. The lowest BCUT2D eigenvalue weighted by atomic mass is 10.1. The van der Waals surface area contributed by atoms with Gasteiger partial charge in [-0.15, -0.1) is 11.3 Å². The predicted molar refractivity (Wildman–Crippen MR) is 128 cm³/mol. The van der Waals surface area contributed by atoms with E-state index in [1.54, 1.807) is 37.3 Å². The summed E-state index contributed by atoms with van der Waals surface area (Å²) in [4.78, 5) is 28.7. The first-order valence-electron chi connectivity index (χ1n) is 10.2. The molecule has 0 saturated carbocycles. The third-order valence-electron chi connectivity index (χ3n) is 5.06. The van der Waals surface area contributed by atoms with E-state index >= 15 is 0 Å². The zero-order valence-electron chi connectivity index (χ0n) is 18.6. The number of anilines is 1. The van der Waals surface area contributed by atoms with E-state index in [1.807, 2.05) is 42.6 Å². The number of rotatable bonds is 10. The summed E-state index contributed by atoms with van der Waals surface area (Å²) >= 11 is 2.85. The molecule has 2 heterocycles. The Morgan fingerprint density at radius 1 is 1.22 bits per heavy atom. The lowest BCUT2D eigenvalue weighted by Crippen LogP contribution is -2.41. The summed E-state index contributed by atoms with van der Waals surface area (Å²) in [6.45, 7) is 3.83. The van der Waals surface area contributed by atoms with Crippen molar-refractivity contribution in [2.75, 3.05) is 26.1 Å². The Kier molecular flexibility index (Phi) is 8.24. The lowest BCUT2D eigenvalue weighted by molar-refractivity contribution is -0.137. The number of benzene rings is 1. The fourth-order valence-electron chi connectivity index (χ4n) is 3.31. The third-order valence-corrected chi connectivity index (χ3v) is 6.92. The summed E-state index contributed by atoms with van der Waals surface area (Å²) in [5.41, 5.74) is 1.93. The van der Waals surface area contributed by atoms with Crippen LogP contribution in [-0.2, 0) is 22.5 Å². The number of hydrogen-bond acceptors (Lipinski definition) is 8. The predicted octanol–water partition coefficient (Wildman–Crippen LogP) is 4.38. The first kappa shape index (κ1) is 23.7. The lowest BCUT2D eigenvalue weighted by Gasteiger charge is -2.29. The molecule has 0 aliphatic heterocycles. The van der Waals surface area contributed by atoms with E-state index in [4.69, 9.17) is 9.47 Å². The van der Waals surface area contributed by atoms with E-state index in [2.05, 4.69) is 15.8 Å². The molecule has 7 nitrogen and oxygen atoms in total. The molecule has 0 fully saturated rings. The molecule has 32 heavy (non-hydrogen) atoms. The number of hydrogen-bond donors (Lipinski definition) is 1. The topological polar surface area (TPSA) is 80.8 Å². The Labute approximate surface area is 196 Å². The molecule has 0 aliphatic carbocycles. The van der Waals surface area contributed by atoms with E-state index in [0.29, 0.717) is 22.8 Å². The Morgan fingerprint density at radius 3 is 2.59 bits per heavy atom. The molecule has 0 unspecified atom stereocenters. The first-order valence-corrected chi connectivity index (χ1v) is 11.8. The number of carbonyl (C=O) groups excluding carboxylic acids is 2. The summed E-state index contributed by atoms with van der Waals surface area (Å²) in [5.74, 6) is -0.0402. The number of methoxy groups -OCH3 is 1. The zero-order chi connectivity index (χ0) is 23.1. The van der Waals surface area contributed by atoms with Crippen molar-refractivity contribution in [3.05, 3.63) is 63.5 Å². The molecule has 1 N–H and O–H groups in total. The largest absolute Gasteiger partial charge is 0.497 e. The van der Waals surface area contributed by atoms with Gasteiger partial charge in [-0.1, -0.05) is 18.2 Å². The quantitative estimate of drug-likeness (QED) is 0.440. The average molecular weight is 474 g/mol. The summed E-state index contributed by atoms with van der Waals surface area (Å²) in [5, 5.41) is 5.59. The number of esters is 1. The van der Waals surface area contributed by atoms with Gasteiger partial charge in [0.05, 0.1) is 12.8 Å². The second-order valence-electron chi connectivity index (χ2n) is 7.30. The normalized spacial score (nSPS) is 11.6. The van der Waals surface area contributed by atoms with Gasteiger partial charge in [0.1, 0.15) is 16.3 Å². The smallest absolute Gasteiger partial charge is 0.343 e. The van der Waals surface area contributed by atoms with Crippen molar-refractivity contribution >= 4 is 39.7 Å². The molecule has 170 valence electrons. The number of nitrogens with one attached hydrogen (secondary N) is 1. The minimum Gasteiger partial charge on any atom is -0.497 e. The highest BCUT2D eigenvalue weighted by Crippen LogP contribution is 2.25. The van der Waals surface area contributed by atoms with Crippen molar-refractivity contribution in [3.8, 4) is 5.75 Å². The van der Waals surface area contributed by atoms with Crippen LogP contribution in [0.5, 0.6) is 5.75 Å². The highest BCUT2D eigenvalue weighted by molar-refractivity contribution is 7.10. The third kappa shape index (κ3) is 5.86. The standard InChI is InChI=1S/C23H27N3O4S2/c1-15(12-19-6-5-11-31-19)26(13-17-7-9-18(29-4)10-8-17)20(27)14-30-23(28)21-16(2)25-32-22(21)24-3/h5-11,15,24H,12-14H2,1-4H3/t15-/m0/s1. The number of amides is 1. The van der Waals surface area contributed by atoms with E-state index in [-0.39, 0.29) is 18.6 Å². The van der Waals surface area contributed by atoms with Crippen LogP contribution in [-0.4, -0.2) is 48.0 Å². The summed E-state index contributed by atoms with van der Waals surface area (Å²) in [6.07, 6.45) is 0.727. The molecule has 3 rings (SSSR count). The van der Waals surface area contributed by atoms with Crippen LogP contribution in [0.3, 0.4) is 0 Å². The van der Waals surface area contributed by atoms with Gasteiger partial charge >= 0.3 is 5.97 Å². The van der Waals surface area contributed by atoms with Gasteiger partial charge in [-0.2, -0.15) is 4.37 Å². The van der Waals surface area contributed by atoms with Gasteiger partial charge in [0, 0.05) is 30.9 Å². The zero-order valence-corrected chi connectivity index (χ0v) is 20.2. The molecule has 1 amide bonds. The van der Waals surface area contributed by atoms with Gasteiger partial charge in [-0.25, -0.2) is 4.79 Å². The van der Waals surface area contributed by atoms with E-state index in [0.717, 1.165) is 17.7 Å². The van der Waals surface area contributed by atoms with Crippen molar-refractivity contribution in [3.63, 3.8) is 0 Å². The molecule has 0 radical (unpaired) electrons. The fraction of sp³-hybridized carbons (Fsp3) is 0.348. The van der Waals surface area contributed by atoms with Crippen LogP contribution >= 0.6 is 22.9 Å². The minimum atomic E-state index is -0.552. The van der Waals surface area contributed by atoms with Gasteiger partial charge < -0.3 is 19.7 Å². The van der Waals surface area contributed by atoms with Crippen LogP contribution < -0.4 is 10.1 Å². The van der Waals surface area contributed by atoms with Gasteiger partial charge in [-0.3, -0.25) is 4.79 Å². The molecule has 2 aromatic heterocycles. The maximum atomic E-state index is 13.2. The number of aryl methyl sites for hydroxylation is 1. The molecule has 1 aromatic carbocycles. The van der Waals surface area contributed by atoms with Crippen molar-refractivity contribution in [1.29, 1.82) is 0 Å². The number of carbonyl (C=O) groups is 2. The van der Waals surface area contributed by atoms with Crippen molar-refractivity contribution in [2.24, 2.45) is 0 Å². The molecule has 0 aliphatic rings. The van der Waals surface area contributed by atoms with E-state index in [1.165, 1.54) is 16.4 Å². The van der Waals surface area contributed by atoms with Gasteiger partial charge in [-0.05, 0) is 54.5 Å². The van der Waals surface area contributed by atoms with Gasteiger partial charge in [0.15, 0.2) is 6.61 Å². The van der Waals surface area contributed by atoms with Crippen LogP contribution in [0.25, 0.3) is 0 Å². The molecule has 0 spiro atoms. The number of thiophene rings is 1. The van der Waals surface area contributed by atoms with Crippen LogP contribution in [0, 0.1) is 6.92 Å². The van der Waals surface area contributed by atoms with Crippen LogP contribution in [0.4, 0.5) is 5.00 Å². The first-order chi connectivity index (χ1) is 15.4. The number of aromatic nitrogens is 1. The molecule has 3 aromatic rings. The highest BCUT2D eigenvalue weighted by atomic mass is 32.1. The Balaban J connectivity index is 1.72. The molecular weight excluding hydrogens is 446 g/mol. The van der Waals surface area contributed by atoms with Crippen molar-refractivity contribution < 1.29 is 19.1 Å². The van der Waals surface area contributed by atoms with E-state index in [9.17, 15) is 9.59 Å². The fourth-order valence-corrected chi connectivity index (χ4v) is 4.87. The highest BCUT2D eigenvalue weighted by Gasteiger charge is 2.25. The maximum absolute atomic E-state index is 13.2. The molecule has 0 saturated heterocycles. The summed E-state index contributed by atoms with van der Waals surface area (Å²) in [6, 6.07) is 11.6. The van der Waals surface area contributed by atoms with Gasteiger partial charge in [0.25, 0.3) is 5.91 Å². The Hall–Kier alpha value is -2.91. The summed E-state index contributed by atoms with van der Waals surface area (Å²) in [7, 11) is 3.34. The maximum Gasteiger partial charge on any atom is 0.343 e. The van der Waals surface area contributed by atoms with Crippen LogP contribution in [0.2, 0.25) is 0 Å². The Morgan fingerprint density at radius 2 is 1.97 bits per heavy atom.